The fourth-order valence-corrected chi connectivity index (χ4v) is 2.01. The van der Waals surface area contributed by atoms with Crippen LogP contribution in [0, 0.1) is 0 Å². The topological polar surface area (TPSA) is 83.5 Å². The Kier molecular flexibility index (Phi) is 5.16. The van der Waals surface area contributed by atoms with Gasteiger partial charge in [-0.1, -0.05) is 6.08 Å². The number of methoxy groups -OCH3 is 1. The first kappa shape index (κ1) is 15.3. The molecule has 1 unspecified atom stereocenters. The van der Waals surface area contributed by atoms with E-state index in [9.17, 15) is 4.79 Å². The van der Waals surface area contributed by atoms with Crippen LogP contribution in [0.15, 0.2) is 18.2 Å². The van der Waals surface area contributed by atoms with Gasteiger partial charge in [-0.25, -0.2) is 9.78 Å². The molecule has 1 aromatic heterocycles. The highest BCUT2D eigenvalue weighted by Crippen LogP contribution is 2.25. The van der Waals surface area contributed by atoms with Gasteiger partial charge in [-0.05, 0) is 37.5 Å². The second-order valence-corrected chi connectivity index (χ2v) is 5.12. The van der Waals surface area contributed by atoms with Crippen LogP contribution in [-0.2, 0) is 0 Å². The highest BCUT2D eigenvalue weighted by molar-refractivity contribution is 5.64. The maximum atomic E-state index is 10.4. The van der Waals surface area contributed by atoms with Gasteiger partial charge in [-0.2, -0.15) is 0 Å². The standard InChI is InChI=1S/C15H21N3O3/c1-10(17-12-5-6-12)11-8-13(18-14(9-11)21-2)4-3-7-16-15(19)20/h3-4,8-10,12,16-17H,5-7H2,1-2H3,(H,19,20)/b4-3+. The largest absolute Gasteiger partial charge is 0.481 e. The molecule has 0 spiro atoms. The van der Waals surface area contributed by atoms with Crippen molar-refractivity contribution in [3.05, 3.63) is 29.5 Å². The first-order valence-corrected chi connectivity index (χ1v) is 7.04. The van der Waals surface area contributed by atoms with Crippen LogP contribution < -0.4 is 15.4 Å². The van der Waals surface area contributed by atoms with Gasteiger partial charge in [0.2, 0.25) is 5.88 Å². The molecule has 6 nitrogen and oxygen atoms in total. The summed E-state index contributed by atoms with van der Waals surface area (Å²) >= 11 is 0. The minimum absolute atomic E-state index is 0.235. The Hall–Kier alpha value is -2.08. The molecule has 1 fully saturated rings. The van der Waals surface area contributed by atoms with E-state index < -0.39 is 6.09 Å². The van der Waals surface area contributed by atoms with Gasteiger partial charge in [0, 0.05) is 24.7 Å². The summed E-state index contributed by atoms with van der Waals surface area (Å²) in [5, 5.41) is 14.3. The van der Waals surface area contributed by atoms with Crippen molar-refractivity contribution in [3.63, 3.8) is 0 Å². The summed E-state index contributed by atoms with van der Waals surface area (Å²) in [6.45, 7) is 2.37. The van der Waals surface area contributed by atoms with Crippen LogP contribution in [0.1, 0.15) is 37.1 Å². The van der Waals surface area contributed by atoms with Gasteiger partial charge in [0.1, 0.15) is 0 Å². The number of rotatable bonds is 7. The number of aromatic nitrogens is 1. The monoisotopic (exact) mass is 291 g/mol. The number of carboxylic acid groups (broad SMARTS) is 1. The van der Waals surface area contributed by atoms with Crippen LogP contribution in [-0.4, -0.2) is 35.9 Å². The van der Waals surface area contributed by atoms with Crippen LogP contribution in [0.25, 0.3) is 6.08 Å². The molecule has 1 saturated carbocycles. The van der Waals surface area contributed by atoms with Crippen molar-refractivity contribution in [1.29, 1.82) is 0 Å². The molecule has 0 aromatic carbocycles. The quantitative estimate of drug-likeness (QED) is 0.717. The molecule has 0 bridgehead atoms. The third-order valence-corrected chi connectivity index (χ3v) is 3.28. The predicted molar refractivity (Wildman–Crippen MR) is 80.4 cm³/mol. The molecule has 1 aromatic rings. The normalized spacial score (nSPS) is 15.9. The Labute approximate surface area is 124 Å². The summed E-state index contributed by atoms with van der Waals surface area (Å²) in [5.41, 5.74) is 1.86. The van der Waals surface area contributed by atoms with E-state index in [1.54, 1.807) is 19.3 Å². The van der Waals surface area contributed by atoms with E-state index in [0.29, 0.717) is 11.9 Å². The molecule has 2 rings (SSSR count). The SMILES string of the molecule is COc1cc(C(C)NC2CC2)cc(/C=C/CNC(=O)O)n1. The van der Waals surface area contributed by atoms with Crippen LogP contribution in [0.3, 0.4) is 0 Å². The third-order valence-electron chi connectivity index (χ3n) is 3.28. The number of hydrogen-bond acceptors (Lipinski definition) is 4. The Morgan fingerprint density at radius 1 is 1.57 bits per heavy atom. The van der Waals surface area contributed by atoms with Crippen molar-refractivity contribution in [2.45, 2.75) is 31.8 Å². The lowest BCUT2D eigenvalue weighted by Gasteiger charge is -2.15. The Balaban J connectivity index is 2.06. The van der Waals surface area contributed by atoms with Gasteiger partial charge >= 0.3 is 6.09 Å². The summed E-state index contributed by atoms with van der Waals surface area (Å²) in [6, 6.07) is 4.77. The fourth-order valence-electron chi connectivity index (χ4n) is 2.01. The summed E-state index contributed by atoms with van der Waals surface area (Å²) in [5.74, 6) is 0.558. The lowest BCUT2D eigenvalue weighted by molar-refractivity contribution is 0.195. The molecule has 21 heavy (non-hydrogen) atoms. The molecular weight excluding hydrogens is 270 g/mol. The van der Waals surface area contributed by atoms with Crippen molar-refractivity contribution in [3.8, 4) is 5.88 Å². The average molecular weight is 291 g/mol. The van der Waals surface area contributed by atoms with E-state index >= 15 is 0 Å². The van der Waals surface area contributed by atoms with Crippen LogP contribution in [0.2, 0.25) is 0 Å². The molecule has 3 N–H and O–H groups in total. The number of ether oxygens (including phenoxy) is 1. The fraction of sp³-hybridized carbons (Fsp3) is 0.467. The highest BCUT2D eigenvalue weighted by atomic mass is 16.5. The van der Waals surface area contributed by atoms with Crippen LogP contribution in [0.5, 0.6) is 5.88 Å². The zero-order valence-electron chi connectivity index (χ0n) is 12.3. The number of amides is 1. The number of hydrogen-bond donors (Lipinski definition) is 3. The second kappa shape index (κ2) is 7.08. The number of nitrogens with zero attached hydrogens (tertiary/aromatic N) is 1. The molecule has 1 heterocycles. The third kappa shape index (κ3) is 5.07. The Bertz CT molecular complexity index is 527. The maximum Gasteiger partial charge on any atom is 0.404 e. The molecule has 1 aliphatic rings. The lowest BCUT2D eigenvalue weighted by atomic mass is 10.1. The summed E-state index contributed by atoms with van der Waals surface area (Å²) in [4.78, 5) is 14.7. The van der Waals surface area contributed by atoms with Gasteiger partial charge in [-0.15, -0.1) is 0 Å². The van der Waals surface area contributed by atoms with E-state index in [1.807, 2.05) is 12.1 Å². The average Bonchev–Trinajstić information content (AvgIpc) is 3.27. The van der Waals surface area contributed by atoms with Crippen molar-refractivity contribution >= 4 is 12.2 Å². The summed E-state index contributed by atoms with van der Waals surface area (Å²) in [6.07, 6.45) is 4.94. The molecule has 1 amide bonds. The second-order valence-electron chi connectivity index (χ2n) is 5.12. The van der Waals surface area contributed by atoms with Crippen molar-refractivity contribution in [2.24, 2.45) is 0 Å². The molecule has 6 heteroatoms. The Morgan fingerprint density at radius 3 is 2.95 bits per heavy atom. The van der Waals surface area contributed by atoms with E-state index in [1.165, 1.54) is 12.8 Å². The number of pyridine rings is 1. The van der Waals surface area contributed by atoms with E-state index in [-0.39, 0.29) is 12.6 Å². The van der Waals surface area contributed by atoms with Crippen molar-refractivity contribution in [1.82, 2.24) is 15.6 Å². The van der Waals surface area contributed by atoms with Gasteiger partial charge in [0.05, 0.1) is 12.8 Å². The number of carbonyl (C=O) groups is 1. The first-order valence-electron chi connectivity index (χ1n) is 7.04. The maximum absolute atomic E-state index is 10.4. The lowest BCUT2D eigenvalue weighted by Crippen LogP contribution is -2.21. The van der Waals surface area contributed by atoms with Gasteiger partial charge in [-0.3, -0.25) is 0 Å². The minimum Gasteiger partial charge on any atom is -0.481 e. The molecule has 0 saturated heterocycles. The summed E-state index contributed by atoms with van der Waals surface area (Å²) in [7, 11) is 1.59. The van der Waals surface area contributed by atoms with Crippen LogP contribution >= 0.6 is 0 Å². The zero-order chi connectivity index (χ0) is 15.2. The zero-order valence-corrected chi connectivity index (χ0v) is 12.3. The molecular formula is C15H21N3O3. The predicted octanol–water partition coefficient (Wildman–Crippen LogP) is 2.18. The van der Waals surface area contributed by atoms with Crippen molar-refractivity contribution < 1.29 is 14.6 Å². The smallest absolute Gasteiger partial charge is 0.404 e. The van der Waals surface area contributed by atoms with Crippen LogP contribution in [0.4, 0.5) is 4.79 Å². The van der Waals surface area contributed by atoms with Gasteiger partial charge in [0.15, 0.2) is 0 Å². The minimum atomic E-state index is -1.04. The Morgan fingerprint density at radius 2 is 2.33 bits per heavy atom. The molecule has 0 aliphatic heterocycles. The van der Waals surface area contributed by atoms with E-state index in [2.05, 4.69) is 22.5 Å². The molecule has 1 atom stereocenters. The van der Waals surface area contributed by atoms with Gasteiger partial charge in [0.25, 0.3) is 0 Å². The summed E-state index contributed by atoms with van der Waals surface area (Å²) < 4.78 is 5.23. The van der Waals surface area contributed by atoms with E-state index in [0.717, 1.165) is 11.3 Å². The highest BCUT2D eigenvalue weighted by Gasteiger charge is 2.23. The number of nitrogens with one attached hydrogen (secondary N) is 2. The first-order chi connectivity index (χ1) is 10.1. The van der Waals surface area contributed by atoms with Gasteiger partial charge < -0.3 is 20.5 Å². The molecule has 114 valence electrons. The van der Waals surface area contributed by atoms with Crippen molar-refractivity contribution in [2.75, 3.05) is 13.7 Å². The van der Waals surface area contributed by atoms with E-state index in [4.69, 9.17) is 9.84 Å². The molecule has 1 aliphatic carbocycles. The molecule has 0 radical (unpaired) electrons.